The second-order valence-electron chi connectivity index (χ2n) is 4.86. The number of rotatable bonds is 3. The van der Waals surface area contributed by atoms with Crippen LogP contribution in [0.1, 0.15) is 18.4 Å². The number of pyridine rings is 1. The molecule has 5 heteroatoms. The van der Waals surface area contributed by atoms with Gasteiger partial charge in [0.05, 0.1) is 0 Å². The smallest absolute Gasteiger partial charge is 0.243 e. The van der Waals surface area contributed by atoms with Crippen molar-refractivity contribution in [1.29, 1.82) is 0 Å². The van der Waals surface area contributed by atoms with E-state index in [0.29, 0.717) is 19.4 Å². The second kappa shape index (κ2) is 4.40. The van der Waals surface area contributed by atoms with E-state index < -0.39 is 0 Å². The number of piperazine rings is 1. The number of hydrogen-bond acceptors (Lipinski definition) is 3. The summed E-state index contributed by atoms with van der Waals surface area (Å²) in [6.45, 7) is 0.672. The molecule has 2 bridgehead atoms. The summed E-state index contributed by atoms with van der Waals surface area (Å²) in [6.07, 6.45) is 5.40. The predicted molar refractivity (Wildman–Crippen MR) is 64.6 cm³/mol. The first kappa shape index (κ1) is 11.2. The van der Waals surface area contributed by atoms with Gasteiger partial charge < -0.3 is 10.2 Å². The third-order valence-corrected chi connectivity index (χ3v) is 3.65. The SMILES string of the molecule is O=C1N[C@H]2C[C@@H]1N(C(=O)CCc1ccncc1)C2. The van der Waals surface area contributed by atoms with E-state index in [1.807, 2.05) is 12.1 Å². The van der Waals surface area contributed by atoms with Gasteiger partial charge >= 0.3 is 0 Å². The van der Waals surface area contributed by atoms with Crippen molar-refractivity contribution in [1.82, 2.24) is 15.2 Å². The van der Waals surface area contributed by atoms with E-state index in [1.54, 1.807) is 17.3 Å². The van der Waals surface area contributed by atoms with Crippen LogP contribution in [0.5, 0.6) is 0 Å². The molecule has 94 valence electrons. The Morgan fingerprint density at radius 2 is 2.22 bits per heavy atom. The fourth-order valence-electron chi connectivity index (χ4n) is 2.71. The molecular formula is C13H15N3O2. The average molecular weight is 245 g/mol. The Kier molecular flexibility index (Phi) is 2.74. The van der Waals surface area contributed by atoms with Gasteiger partial charge in [-0.05, 0) is 30.5 Å². The number of aromatic nitrogens is 1. The van der Waals surface area contributed by atoms with Crippen LogP contribution in [0, 0.1) is 0 Å². The van der Waals surface area contributed by atoms with Gasteiger partial charge in [0.1, 0.15) is 6.04 Å². The lowest BCUT2D eigenvalue weighted by atomic mass is 10.1. The molecular weight excluding hydrogens is 230 g/mol. The standard InChI is InChI=1S/C13H15N3O2/c17-12(2-1-9-3-5-14-6-4-9)16-8-10-7-11(16)13(18)15-10/h3-6,10-11H,1-2,7-8H2,(H,15,18)/t10-,11-/m0/s1. The Balaban J connectivity index is 1.58. The quantitative estimate of drug-likeness (QED) is 0.822. The highest BCUT2D eigenvalue weighted by molar-refractivity contribution is 5.91. The van der Waals surface area contributed by atoms with Crippen LogP contribution < -0.4 is 5.32 Å². The van der Waals surface area contributed by atoms with Crippen molar-refractivity contribution in [2.24, 2.45) is 0 Å². The highest BCUT2D eigenvalue weighted by Crippen LogP contribution is 2.25. The van der Waals surface area contributed by atoms with Crippen molar-refractivity contribution in [2.45, 2.75) is 31.3 Å². The minimum atomic E-state index is -0.222. The molecule has 1 aromatic rings. The van der Waals surface area contributed by atoms with E-state index in [1.165, 1.54) is 0 Å². The first-order valence-corrected chi connectivity index (χ1v) is 6.23. The molecule has 0 saturated carbocycles. The molecule has 1 N–H and O–H groups in total. The van der Waals surface area contributed by atoms with Gasteiger partial charge in [0.25, 0.3) is 0 Å². The molecule has 5 nitrogen and oxygen atoms in total. The average Bonchev–Trinajstić information content (AvgIpc) is 2.96. The zero-order valence-electron chi connectivity index (χ0n) is 10.0. The van der Waals surface area contributed by atoms with E-state index in [0.717, 1.165) is 12.0 Å². The molecule has 2 aliphatic rings. The van der Waals surface area contributed by atoms with Gasteiger partial charge in [0, 0.05) is 31.4 Å². The summed E-state index contributed by atoms with van der Waals surface area (Å²) < 4.78 is 0. The van der Waals surface area contributed by atoms with Gasteiger partial charge in [-0.15, -0.1) is 0 Å². The zero-order valence-corrected chi connectivity index (χ0v) is 10.0. The Hall–Kier alpha value is -1.91. The lowest BCUT2D eigenvalue weighted by Crippen LogP contribution is -2.50. The summed E-state index contributed by atoms with van der Waals surface area (Å²) in [4.78, 5) is 29.3. The summed E-state index contributed by atoms with van der Waals surface area (Å²) in [5, 5.41) is 2.87. The lowest BCUT2D eigenvalue weighted by molar-refractivity contribution is -0.139. The molecule has 2 atom stereocenters. The molecule has 0 aromatic carbocycles. The largest absolute Gasteiger partial charge is 0.350 e. The number of nitrogens with one attached hydrogen (secondary N) is 1. The molecule has 2 saturated heterocycles. The number of likely N-dealkylation sites (tertiary alicyclic amines) is 1. The molecule has 2 fully saturated rings. The Bertz CT molecular complexity index is 474. The molecule has 0 aliphatic carbocycles. The van der Waals surface area contributed by atoms with E-state index in [-0.39, 0.29) is 23.9 Å². The van der Waals surface area contributed by atoms with Crippen LogP contribution in [0.25, 0.3) is 0 Å². The number of hydrogen-bond donors (Lipinski definition) is 1. The van der Waals surface area contributed by atoms with Crippen LogP contribution >= 0.6 is 0 Å². The molecule has 2 amide bonds. The number of fused-ring (bicyclic) bond motifs is 2. The van der Waals surface area contributed by atoms with Gasteiger partial charge in [-0.3, -0.25) is 14.6 Å². The molecule has 0 radical (unpaired) electrons. The minimum absolute atomic E-state index is 0.00325. The van der Waals surface area contributed by atoms with Crippen LogP contribution in [-0.4, -0.2) is 40.3 Å². The van der Waals surface area contributed by atoms with Crippen molar-refractivity contribution in [3.8, 4) is 0 Å². The van der Waals surface area contributed by atoms with E-state index in [2.05, 4.69) is 10.3 Å². The van der Waals surface area contributed by atoms with E-state index >= 15 is 0 Å². The van der Waals surface area contributed by atoms with Crippen LogP contribution in [0.2, 0.25) is 0 Å². The van der Waals surface area contributed by atoms with Crippen LogP contribution in [0.4, 0.5) is 0 Å². The number of aryl methyl sites for hydroxylation is 1. The van der Waals surface area contributed by atoms with Gasteiger partial charge in [0.2, 0.25) is 11.8 Å². The fraction of sp³-hybridized carbons (Fsp3) is 0.462. The predicted octanol–water partition coefficient (Wildman–Crippen LogP) is 0.113. The number of carbonyl (C=O) groups excluding carboxylic acids is 2. The van der Waals surface area contributed by atoms with Crippen molar-refractivity contribution >= 4 is 11.8 Å². The Morgan fingerprint density at radius 1 is 1.44 bits per heavy atom. The van der Waals surface area contributed by atoms with Crippen LogP contribution in [0.15, 0.2) is 24.5 Å². The third-order valence-electron chi connectivity index (χ3n) is 3.65. The topological polar surface area (TPSA) is 62.3 Å². The Morgan fingerprint density at radius 3 is 2.89 bits per heavy atom. The summed E-state index contributed by atoms with van der Waals surface area (Å²) in [5.74, 6) is 0.0812. The maximum atomic E-state index is 12.1. The van der Waals surface area contributed by atoms with E-state index in [4.69, 9.17) is 0 Å². The highest BCUT2D eigenvalue weighted by atomic mass is 16.2. The van der Waals surface area contributed by atoms with Crippen LogP contribution in [0.3, 0.4) is 0 Å². The first-order chi connectivity index (χ1) is 8.74. The minimum Gasteiger partial charge on any atom is -0.350 e. The molecule has 0 spiro atoms. The summed E-state index contributed by atoms with van der Waals surface area (Å²) in [7, 11) is 0. The Labute approximate surface area is 105 Å². The normalized spacial score (nSPS) is 25.3. The maximum Gasteiger partial charge on any atom is 0.243 e. The van der Waals surface area contributed by atoms with Crippen LogP contribution in [-0.2, 0) is 16.0 Å². The highest BCUT2D eigenvalue weighted by Gasteiger charge is 2.45. The number of carbonyl (C=O) groups is 2. The molecule has 0 unspecified atom stereocenters. The van der Waals surface area contributed by atoms with Crippen molar-refractivity contribution < 1.29 is 9.59 Å². The van der Waals surface area contributed by atoms with Gasteiger partial charge in [-0.2, -0.15) is 0 Å². The monoisotopic (exact) mass is 245 g/mol. The summed E-state index contributed by atoms with van der Waals surface area (Å²) in [6, 6.07) is 3.78. The molecule has 3 heterocycles. The summed E-state index contributed by atoms with van der Waals surface area (Å²) >= 11 is 0. The van der Waals surface area contributed by atoms with Crippen molar-refractivity contribution in [3.05, 3.63) is 30.1 Å². The lowest BCUT2D eigenvalue weighted by Gasteiger charge is -2.26. The second-order valence-corrected chi connectivity index (χ2v) is 4.86. The molecule has 1 aromatic heterocycles. The maximum absolute atomic E-state index is 12.1. The van der Waals surface area contributed by atoms with Crippen molar-refractivity contribution in [2.75, 3.05) is 6.54 Å². The van der Waals surface area contributed by atoms with Crippen molar-refractivity contribution in [3.63, 3.8) is 0 Å². The fourth-order valence-corrected chi connectivity index (χ4v) is 2.71. The molecule has 3 rings (SSSR count). The summed E-state index contributed by atoms with van der Waals surface area (Å²) in [5.41, 5.74) is 1.10. The molecule has 2 aliphatic heterocycles. The third kappa shape index (κ3) is 1.96. The zero-order chi connectivity index (χ0) is 12.5. The number of amides is 2. The first-order valence-electron chi connectivity index (χ1n) is 6.23. The molecule has 18 heavy (non-hydrogen) atoms. The van der Waals surface area contributed by atoms with Gasteiger partial charge in [-0.25, -0.2) is 0 Å². The van der Waals surface area contributed by atoms with Gasteiger partial charge in [0.15, 0.2) is 0 Å². The van der Waals surface area contributed by atoms with Gasteiger partial charge in [-0.1, -0.05) is 0 Å². The number of nitrogens with zero attached hydrogens (tertiary/aromatic N) is 2. The van der Waals surface area contributed by atoms with E-state index in [9.17, 15) is 9.59 Å².